The highest BCUT2D eigenvalue weighted by Crippen LogP contribution is 2.44. The van der Waals surface area contributed by atoms with Gasteiger partial charge in [0.1, 0.15) is 11.2 Å². The van der Waals surface area contributed by atoms with Gasteiger partial charge in [0.25, 0.3) is 0 Å². The van der Waals surface area contributed by atoms with Crippen molar-refractivity contribution < 1.29 is 4.42 Å². The molecule has 11 aromatic carbocycles. The van der Waals surface area contributed by atoms with Crippen molar-refractivity contribution in [3.05, 3.63) is 231 Å². The fourth-order valence-electron chi connectivity index (χ4n) is 9.93. The Balaban J connectivity index is 0.928. The van der Waals surface area contributed by atoms with Gasteiger partial charge in [0, 0.05) is 38.4 Å². The third-order valence-corrected chi connectivity index (χ3v) is 13.1. The molecule has 0 fully saturated rings. The number of benzene rings is 11. The van der Waals surface area contributed by atoms with Crippen molar-refractivity contribution in [2.75, 3.05) is 0 Å². The molecule has 0 amide bonds. The van der Waals surface area contributed by atoms with Crippen LogP contribution in [0.25, 0.3) is 132 Å². The zero-order valence-corrected chi connectivity index (χ0v) is 35.2. The fraction of sp³-hybridized carbons (Fsp3) is 0. The molecule has 2 heterocycles. The molecule has 0 aliphatic heterocycles. The van der Waals surface area contributed by atoms with Crippen molar-refractivity contribution in [2.24, 2.45) is 0 Å². The Morgan fingerprint density at radius 2 is 0.723 bits per heavy atom. The lowest BCUT2D eigenvalue weighted by atomic mass is 9.91. The Morgan fingerprint density at radius 3 is 1.43 bits per heavy atom. The molecule has 302 valence electrons. The highest BCUT2D eigenvalue weighted by Gasteiger charge is 2.19. The van der Waals surface area contributed by atoms with E-state index in [0.29, 0.717) is 5.82 Å². The first-order valence-electron chi connectivity index (χ1n) is 22.1. The highest BCUT2D eigenvalue weighted by molar-refractivity contribution is 6.26. The summed E-state index contributed by atoms with van der Waals surface area (Å²) in [4.78, 5) is 10.3. The molecule has 0 radical (unpaired) electrons. The van der Waals surface area contributed by atoms with E-state index in [-0.39, 0.29) is 0 Å². The van der Waals surface area contributed by atoms with E-state index in [0.717, 1.165) is 88.6 Å². The number of fused-ring (bicyclic) bond motifs is 11. The molecule has 0 spiro atoms. The van der Waals surface area contributed by atoms with Crippen LogP contribution in [0.1, 0.15) is 0 Å². The van der Waals surface area contributed by atoms with E-state index in [1.807, 2.05) is 24.3 Å². The minimum Gasteiger partial charge on any atom is -0.455 e. The molecule has 0 atom stereocenters. The molecule has 2 aromatic heterocycles. The number of rotatable bonds is 6. The maximum atomic E-state index is 7.00. The maximum absolute atomic E-state index is 7.00. The Kier molecular flexibility index (Phi) is 8.53. The van der Waals surface area contributed by atoms with Gasteiger partial charge in [-0.15, -0.1) is 0 Å². The van der Waals surface area contributed by atoms with Crippen molar-refractivity contribution in [3.8, 4) is 67.3 Å². The van der Waals surface area contributed by atoms with E-state index in [1.165, 1.54) is 37.9 Å². The van der Waals surface area contributed by atoms with E-state index >= 15 is 0 Å². The van der Waals surface area contributed by atoms with E-state index in [4.69, 9.17) is 14.4 Å². The molecule has 0 aliphatic carbocycles. The number of hydrogen-bond acceptors (Lipinski definition) is 3. The first-order valence-corrected chi connectivity index (χ1v) is 22.1. The van der Waals surface area contributed by atoms with Crippen LogP contribution in [0.5, 0.6) is 0 Å². The lowest BCUT2D eigenvalue weighted by molar-refractivity contribution is 0.674. The lowest BCUT2D eigenvalue weighted by Crippen LogP contribution is -1.96. The number of aromatic nitrogens is 2. The molecule has 0 aliphatic rings. The monoisotopic (exact) mass is 826 g/mol. The third kappa shape index (κ3) is 6.20. The Hall–Kier alpha value is -8.66. The molecule has 0 saturated heterocycles. The zero-order valence-electron chi connectivity index (χ0n) is 35.2. The van der Waals surface area contributed by atoms with E-state index < -0.39 is 0 Å². The number of nitrogens with zero attached hydrogens (tertiary/aromatic N) is 2. The van der Waals surface area contributed by atoms with Gasteiger partial charge in [-0.2, -0.15) is 0 Å². The maximum Gasteiger partial charge on any atom is 0.160 e. The molecule has 13 rings (SSSR count). The summed E-state index contributed by atoms with van der Waals surface area (Å²) in [6.45, 7) is 0. The first-order chi connectivity index (χ1) is 32.2. The van der Waals surface area contributed by atoms with Crippen molar-refractivity contribution in [1.82, 2.24) is 9.97 Å². The molecule has 65 heavy (non-hydrogen) atoms. The van der Waals surface area contributed by atoms with Crippen molar-refractivity contribution in [3.63, 3.8) is 0 Å². The molecule has 0 bridgehead atoms. The summed E-state index contributed by atoms with van der Waals surface area (Å²) in [7, 11) is 0. The van der Waals surface area contributed by atoms with Crippen molar-refractivity contribution in [1.29, 1.82) is 0 Å². The minimum absolute atomic E-state index is 0.695. The van der Waals surface area contributed by atoms with Crippen LogP contribution in [0.3, 0.4) is 0 Å². The second kappa shape index (κ2) is 15.0. The smallest absolute Gasteiger partial charge is 0.160 e. The van der Waals surface area contributed by atoms with Gasteiger partial charge in [0.05, 0.1) is 11.4 Å². The molecular formula is C62H38N2O. The fourth-order valence-corrected chi connectivity index (χ4v) is 9.93. The molecule has 3 heteroatoms. The predicted octanol–water partition coefficient (Wildman–Crippen LogP) is 17.0. The zero-order chi connectivity index (χ0) is 42.8. The Morgan fingerprint density at radius 1 is 0.231 bits per heavy atom. The summed E-state index contributed by atoms with van der Waals surface area (Å²) < 4.78 is 7.00. The lowest BCUT2D eigenvalue weighted by Gasteiger charge is -2.12. The van der Waals surface area contributed by atoms with Crippen LogP contribution in [0.2, 0.25) is 0 Å². The van der Waals surface area contributed by atoms with E-state index in [1.54, 1.807) is 0 Å². The minimum atomic E-state index is 0.695. The summed E-state index contributed by atoms with van der Waals surface area (Å²) in [5, 5.41) is 12.0. The van der Waals surface area contributed by atoms with Gasteiger partial charge in [0.2, 0.25) is 0 Å². The van der Waals surface area contributed by atoms with Crippen LogP contribution in [0, 0.1) is 0 Å². The molecule has 0 saturated carbocycles. The summed E-state index contributed by atoms with van der Waals surface area (Å²) in [6.07, 6.45) is 0. The summed E-state index contributed by atoms with van der Waals surface area (Å²) in [6, 6.07) is 82.1. The van der Waals surface area contributed by atoms with Crippen LogP contribution >= 0.6 is 0 Å². The summed E-state index contributed by atoms with van der Waals surface area (Å²) in [5.41, 5.74) is 13.4. The van der Waals surface area contributed by atoms with Gasteiger partial charge in [-0.3, -0.25) is 0 Å². The van der Waals surface area contributed by atoms with Crippen LogP contribution in [0.4, 0.5) is 0 Å². The SMILES string of the molecule is c1ccc(-c2cccc(-c3cc(-c4ccc(-c5cc6c7cccc(-c8ccc9c%10ccccc%10c%10ccccc%10c9c8)c7oc6c6ccccc56)cc4)nc(-c4ccccc4)n3)c2)cc1. The molecule has 0 unspecified atom stereocenters. The predicted molar refractivity (Wildman–Crippen MR) is 272 cm³/mol. The quantitative estimate of drug-likeness (QED) is 0.157. The molecular weight excluding hydrogens is 789 g/mol. The first kappa shape index (κ1) is 36.9. The standard InChI is InChI=1S/C62H38N2O/c1-3-15-39(16-4-1)43-19-13-20-45(35-43)59-38-58(63-62(64-59)42-17-5-2-6-18-42)41-31-29-40(30-32-41)55-37-57-54-28-14-27-46(60(54)65-61(57)53-26-12-11-25-51(53)55)44-33-34-52-49-23-8-7-21-47(49)48-22-9-10-24-50(48)56(52)36-44/h1-38H. The van der Waals surface area contributed by atoms with Gasteiger partial charge >= 0.3 is 0 Å². The van der Waals surface area contributed by atoms with Crippen LogP contribution in [-0.4, -0.2) is 9.97 Å². The van der Waals surface area contributed by atoms with Gasteiger partial charge in [0.15, 0.2) is 5.82 Å². The van der Waals surface area contributed by atoms with Gasteiger partial charge < -0.3 is 4.42 Å². The highest BCUT2D eigenvalue weighted by atomic mass is 16.3. The average Bonchev–Trinajstić information content (AvgIpc) is 3.78. The second-order valence-corrected chi connectivity index (χ2v) is 16.8. The van der Waals surface area contributed by atoms with Gasteiger partial charge in [-0.25, -0.2) is 9.97 Å². The summed E-state index contributed by atoms with van der Waals surface area (Å²) in [5.74, 6) is 0.695. The normalized spacial score (nSPS) is 11.7. The second-order valence-electron chi connectivity index (χ2n) is 16.8. The topological polar surface area (TPSA) is 38.9 Å². The van der Waals surface area contributed by atoms with Crippen LogP contribution in [0.15, 0.2) is 235 Å². The largest absolute Gasteiger partial charge is 0.455 e. The van der Waals surface area contributed by atoms with Crippen molar-refractivity contribution >= 4 is 65.0 Å². The van der Waals surface area contributed by atoms with E-state index in [2.05, 4.69) is 206 Å². The van der Waals surface area contributed by atoms with Crippen LogP contribution in [-0.2, 0) is 0 Å². The Bertz CT molecular complexity index is 3950. The van der Waals surface area contributed by atoms with Gasteiger partial charge in [-0.05, 0) is 89.8 Å². The number of para-hydroxylation sites is 1. The Labute approximate surface area is 375 Å². The number of furan rings is 1. The summed E-state index contributed by atoms with van der Waals surface area (Å²) >= 11 is 0. The van der Waals surface area contributed by atoms with Crippen molar-refractivity contribution in [2.45, 2.75) is 0 Å². The molecule has 0 N–H and O–H groups in total. The molecule has 13 aromatic rings. The molecule has 3 nitrogen and oxygen atoms in total. The number of hydrogen-bond donors (Lipinski definition) is 0. The van der Waals surface area contributed by atoms with Gasteiger partial charge in [-0.1, -0.05) is 206 Å². The van der Waals surface area contributed by atoms with E-state index in [9.17, 15) is 0 Å². The third-order valence-electron chi connectivity index (χ3n) is 13.1. The average molecular weight is 827 g/mol. The van der Waals surface area contributed by atoms with Crippen LogP contribution < -0.4 is 0 Å².